The minimum atomic E-state index is 0.863. The largest absolute Gasteiger partial charge is 0.454 e. The smallest absolute Gasteiger partial charge is 0.159 e. The zero-order chi connectivity index (χ0) is 33.7. The molecule has 51 heavy (non-hydrogen) atoms. The summed E-state index contributed by atoms with van der Waals surface area (Å²) < 4.78 is 9.06. The van der Waals surface area contributed by atoms with Gasteiger partial charge in [-0.3, -0.25) is 0 Å². The van der Waals surface area contributed by atoms with E-state index in [1.807, 2.05) is 12.1 Å². The monoisotopic (exact) mass is 652 g/mol. The lowest BCUT2D eigenvalue weighted by molar-refractivity contribution is 0.669. The molecular formula is C48H32N2O. The predicted molar refractivity (Wildman–Crippen MR) is 214 cm³/mol. The maximum absolute atomic E-state index is 6.63. The van der Waals surface area contributed by atoms with Gasteiger partial charge in [0.2, 0.25) is 0 Å². The van der Waals surface area contributed by atoms with Crippen molar-refractivity contribution in [1.82, 2.24) is 4.57 Å². The normalized spacial score (nSPS) is 11.5. The number of aromatic nitrogens is 1. The van der Waals surface area contributed by atoms with E-state index in [1.165, 1.54) is 32.9 Å². The molecule has 0 N–H and O–H groups in total. The van der Waals surface area contributed by atoms with Crippen molar-refractivity contribution in [3.05, 3.63) is 194 Å². The van der Waals surface area contributed by atoms with Crippen LogP contribution in [0.2, 0.25) is 0 Å². The maximum Gasteiger partial charge on any atom is 0.159 e. The standard InChI is InChI=1S/C48H32N2O/c1-3-16-33(17-4-1)34-30-31-45-41(32-34)38-22-9-13-27-44(38)50(45)43-26-12-8-21-37(43)36-20-7-11-25-42(36)49(35-18-5-2-6-19-35)46-28-15-24-40-39-23-10-14-29-47(39)51-48(40)46/h1-32H. The number of nitrogens with zero attached hydrogens (tertiary/aromatic N) is 2. The van der Waals surface area contributed by atoms with Crippen LogP contribution in [0.25, 0.3) is 71.7 Å². The van der Waals surface area contributed by atoms with Crippen LogP contribution in [0.4, 0.5) is 17.1 Å². The number of hydrogen-bond acceptors (Lipinski definition) is 2. The molecule has 0 atom stereocenters. The SMILES string of the molecule is c1ccc(-c2ccc3c(c2)c2ccccc2n3-c2ccccc2-c2ccccc2N(c2ccccc2)c2cccc3c2oc2ccccc23)cc1. The molecule has 0 aliphatic carbocycles. The second-order valence-electron chi connectivity index (χ2n) is 12.9. The number of rotatable bonds is 6. The van der Waals surface area contributed by atoms with E-state index in [4.69, 9.17) is 4.42 Å². The maximum atomic E-state index is 6.63. The van der Waals surface area contributed by atoms with Crippen molar-refractivity contribution in [3.63, 3.8) is 0 Å². The van der Waals surface area contributed by atoms with Crippen molar-refractivity contribution in [2.45, 2.75) is 0 Å². The van der Waals surface area contributed by atoms with Gasteiger partial charge in [0.1, 0.15) is 5.58 Å². The summed E-state index contributed by atoms with van der Waals surface area (Å²) in [6, 6.07) is 69.1. The molecule has 0 radical (unpaired) electrons. The van der Waals surface area contributed by atoms with E-state index in [2.05, 4.69) is 191 Å². The minimum Gasteiger partial charge on any atom is -0.454 e. The van der Waals surface area contributed by atoms with E-state index in [9.17, 15) is 0 Å². The van der Waals surface area contributed by atoms with Crippen molar-refractivity contribution >= 4 is 60.8 Å². The molecule has 0 aliphatic heterocycles. The summed E-state index contributed by atoms with van der Waals surface area (Å²) in [5.74, 6) is 0. The Kier molecular flexibility index (Phi) is 6.81. The van der Waals surface area contributed by atoms with Gasteiger partial charge in [-0.2, -0.15) is 0 Å². The Morgan fingerprint density at radius 3 is 1.88 bits per heavy atom. The highest BCUT2D eigenvalue weighted by Crippen LogP contribution is 2.47. The zero-order valence-electron chi connectivity index (χ0n) is 27.8. The van der Waals surface area contributed by atoms with Gasteiger partial charge in [-0.05, 0) is 65.7 Å². The summed E-state index contributed by atoms with van der Waals surface area (Å²) in [7, 11) is 0. The number of furan rings is 1. The zero-order valence-corrected chi connectivity index (χ0v) is 27.8. The van der Waals surface area contributed by atoms with Crippen LogP contribution < -0.4 is 4.90 Å². The quantitative estimate of drug-likeness (QED) is 0.178. The summed E-state index contributed by atoms with van der Waals surface area (Å²) >= 11 is 0. The van der Waals surface area contributed by atoms with E-state index in [0.29, 0.717) is 0 Å². The molecule has 2 aromatic heterocycles. The third-order valence-electron chi connectivity index (χ3n) is 10.00. The molecule has 0 spiro atoms. The highest BCUT2D eigenvalue weighted by molar-refractivity contribution is 6.12. The van der Waals surface area contributed by atoms with Gasteiger partial charge in [-0.15, -0.1) is 0 Å². The Morgan fingerprint density at radius 1 is 0.392 bits per heavy atom. The van der Waals surface area contributed by atoms with Crippen molar-refractivity contribution in [3.8, 4) is 27.9 Å². The van der Waals surface area contributed by atoms with Gasteiger partial charge >= 0.3 is 0 Å². The summed E-state index contributed by atoms with van der Waals surface area (Å²) in [6.07, 6.45) is 0. The van der Waals surface area contributed by atoms with Gasteiger partial charge in [0.25, 0.3) is 0 Å². The second kappa shape index (κ2) is 11.9. The summed E-state index contributed by atoms with van der Waals surface area (Å²) in [6.45, 7) is 0. The molecule has 0 fully saturated rings. The Labute approximate surface area is 295 Å². The molecule has 10 rings (SSSR count). The highest BCUT2D eigenvalue weighted by atomic mass is 16.3. The van der Waals surface area contributed by atoms with Crippen molar-refractivity contribution < 1.29 is 4.42 Å². The Morgan fingerprint density at radius 2 is 1.02 bits per heavy atom. The first-order chi connectivity index (χ1) is 25.3. The first-order valence-corrected chi connectivity index (χ1v) is 17.4. The number of anilines is 3. The third-order valence-corrected chi connectivity index (χ3v) is 10.00. The van der Waals surface area contributed by atoms with Gasteiger partial charge in [0.15, 0.2) is 5.58 Å². The van der Waals surface area contributed by atoms with Crippen LogP contribution in [0.5, 0.6) is 0 Å². The summed E-state index contributed by atoms with van der Waals surface area (Å²) in [5.41, 5.74) is 13.0. The molecule has 0 bridgehead atoms. The molecule has 10 aromatic rings. The minimum absolute atomic E-state index is 0.863. The molecule has 2 heterocycles. The molecule has 0 saturated carbocycles. The lowest BCUT2D eigenvalue weighted by atomic mass is 9.99. The Bertz CT molecular complexity index is 2860. The predicted octanol–water partition coefficient (Wildman–Crippen LogP) is 13.5. The van der Waals surface area contributed by atoms with Crippen LogP contribution in [0.1, 0.15) is 0 Å². The van der Waals surface area contributed by atoms with Crippen LogP contribution in [0, 0.1) is 0 Å². The fraction of sp³-hybridized carbons (Fsp3) is 0. The number of benzene rings is 8. The van der Waals surface area contributed by atoms with Gasteiger partial charge in [-0.25, -0.2) is 0 Å². The van der Waals surface area contributed by atoms with Gasteiger partial charge in [0, 0.05) is 38.4 Å². The first-order valence-electron chi connectivity index (χ1n) is 17.4. The molecule has 0 aliphatic rings. The molecular weight excluding hydrogens is 621 g/mol. The second-order valence-corrected chi connectivity index (χ2v) is 12.9. The van der Waals surface area contributed by atoms with E-state index >= 15 is 0 Å². The molecule has 0 unspecified atom stereocenters. The van der Waals surface area contributed by atoms with E-state index in [1.54, 1.807) is 0 Å². The summed E-state index contributed by atoms with van der Waals surface area (Å²) in [4.78, 5) is 2.34. The van der Waals surface area contributed by atoms with Crippen LogP contribution in [0.3, 0.4) is 0 Å². The molecule has 240 valence electrons. The van der Waals surface area contributed by atoms with Gasteiger partial charge in [-0.1, -0.05) is 140 Å². The van der Waals surface area contributed by atoms with Crippen LogP contribution in [-0.2, 0) is 0 Å². The van der Waals surface area contributed by atoms with Gasteiger partial charge < -0.3 is 13.9 Å². The fourth-order valence-corrected chi connectivity index (χ4v) is 7.73. The van der Waals surface area contributed by atoms with Crippen LogP contribution in [-0.4, -0.2) is 4.57 Å². The number of fused-ring (bicyclic) bond motifs is 6. The Hall–Kier alpha value is -6.84. The average molecular weight is 653 g/mol. The molecule has 8 aromatic carbocycles. The number of hydrogen-bond donors (Lipinski definition) is 0. The van der Waals surface area contributed by atoms with Crippen LogP contribution >= 0.6 is 0 Å². The molecule has 3 nitrogen and oxygen atoms in total. The molecule has 0 saturated heterocycles. The third kappa shape index (κ3) is 4.74. The topological polar surface area (TPSA) is 21.3 Å². The van der Waals surface area contributed by atoms with Crippen molar-refractivity contribution in [2.75, 3.05) is 4.90 Å². The summed E-state index contributed by atoms with van der Waals surface area (Å²) in [5, 5.41) is 4.68. The fourth-order valence-electron chi connectivity index (χ4n) is 7.73. The molecule has 0 amide bonds. The number of para-hydroxylation sites is 6. The lowest BCUT2D eigenvalue weighted by Gasteiger charge is -2.28. The van der Waals surface area contributed by atoms with E-state index < -0.39 is 0 Å². The van der Waals surface area contributed by atoms with E-state index in [-0.39, 0.29) is 0 Å². The Balaban J connectivity index is 1.22. The molecule has 3 heteroatoms. The van der Waals surface area contributed by atoms with Gasteiger partial charge in [0.05, 0.1) is 28.1 Å². The first kappa shape index (κ1) is 29.1. The van der Waals surface area contributed by atoms with Crippen molar-refractivity contribution in [1.29, 1.82) is 0 Å². The highest BCUT2D eigenvalue weighted by Gasteiger charge is 2.23. The lowest BCUT2D eigenvalue weighted by Crippen LogP contribution is -2.11. The van der Waals surface area contributed by atoms with E-state index in [0.717, 1.165) is 55.8 Å². The van der Waals surface area contributed by atoms with Crippen molar-refractivity contribution in [2.24, 2.45) is 0 Å². The van der Waals surface area contributed by atoms with Crippen LogP contribution in [0.15, 0.2) is 199 Å². The average Bonchev–Trinajstić information content (AvgIpc) is 3.75.